The van der Waals surface area contributed by atoms with E-state index in [1.807, 2.05) is 0 Å². The van der Waals surface area contributed by atoms with Gasteiger partial charge in [0.05, 0.1) is 0 Å². The van der Waals surface area contributed by atoms with Crippen molar-refractivity contribution in [1.29, 1.82) is 0 Å². The van der Waals surface area contributed by atoms with Crippen molar-refractivity contribution in [2.24, 2.45) is 11.8 Å². The Balaban J connectivity index is 2.30. The smallest absolute Gasteiger partial charge is 0.133 e. The molecule has 0 spiro atoms. The van der Waals surface area contributed by atoms with Crippen LogP contribution in [0.4, 0.5) is 0 Å². The van der Waals surface area contributed by atoms with E-state index in [0.29, 0.717) is 11.7 Å². The molecular weight excluding hydrogens is 184 g/mol. The minimum atomic E-state index is 0.255. The predicted molar refractivity (Wildman–Crippen MR) is 61.8 cm³/mol. The van der Waals surface area contributed by atoms with Crippen molar-refractivity contribution < 1.29 is 4.79 Å². The molecule has 2 rings (SSSR count). The molecule has 1 aliphatic carbocycles. The van der Waals surface area contributed by atoms with Gasteiger partial charge < -0.3 is 0 Å². The molecule has 0 amide bonds. The van der Waals surface area contributed by atoms with Crippen LogP contribution in [0, 0.1) is 11.8 Å². The molecule has 0 fully saturated rings. The number of rotatable bonds is 2. The van der Waals surface area contributed by atoms with Gasteiger partial charge >= 0.3 is 0 Å². The fraction of sp³-hybridized carbons (Fsp3) is 0.500. The van der Waals surface area contributed by atoms with Crippen LogP contribution in [0.2, 0.25) is 0 Å². The molecular formula is C14H18O. The molecule has 15 heavy (non-hydrogen) atoms. The molecule has 0 aromatic heterocycles. The summed E-state index contributed by atoms with van der Waals surface area (Å²) in [6, 6.07) is 8.54. The van der Waals surface area contributed by atoms with Gasteiger partial charge in [0, 0.05) is 5.92 Å². The van der Waals surface area contributed by atoms with E-state index in [9.17, 15) is 4.79 Å². The molecule has 0 bridgehead atoms. The zero-order valence-electron chi connectivity index (χ0n) is 9.49. The summed E-state index contributed by atoms with van der Waals surface area (Å²) in [7, 11) is 0. The Kier molecular flexibility index (Phi) is 2.90. The predicted octanol–water partition coefficient (Wildman–Crippen LogP) is 3.02. The third-order valence-corrected chi connectivity index (χ3v) is 3.66. The van der Waals surface area contributed by atoms with E-state index >= 15 is 0 Å². The molecule has 1 heteroatoms. The van der Waals surface area contributed by atoms with Gasteiger partial charge in [-0.15, -0.1) is 0 Å². The fourth-order valence-electron chi connectivity index (χ4n) is 2.69. The number of carbonyl (C=O) groups excluding carboxylic acids is 1. The highest BCUT2D eigenvalue weighted by Gasteiger charge is 2.29. The summed E-state index contributed by atoms with van der Waals surface area (Å²) in [4.78, 5) is 11.6. The second kappa shape index (κ2) is 4.18. The normalized spacial score (nSPS) is 24.7. The van der Waals surface area contributed by atoms with Gasteiger partial charge in [0.2, 0.25) is 0 Å². The summed E-state index contributed by atoms with van der Waals surface area (Å²) < 4.78 is 0. The Hall–Kier alpha value is -1.11. The fourth-order valence-corrected chi connectivity index (χ4v) is 2.69. The van der Waals surface area contributed by atoms with Crippen LogP contribution in [-0.4, -0.2) is 5.78 Å². The lowest BCUT2D eigenvalue weighted by atomic mass is 9.73. The molecule has 1 aliphatic rings. The first-order chi connectivity index (χ1) is 7.22. The van der Waals surface area contributed by atoms with Crippen LogP contribution in [-0.2, 0) is 17.6 Å². The number of ketones is 1. The van der Waals surface area contributed by atoms with Crippen molar-refractivity contribution in [3.8, 4) is 0 Å². The number of fused-ring (bicyclic) bond motifs is 1. The highest BCUT2D eigenvalue weighted by atomic mass is 16.1. The summed E-state index contributed by atoms with van der Waals surface area (Å²) in [5, 5.41) is 0. The van der Waals surface area contributed by atoms with Crippen LogP contribution in [0.3, 0.4) is 0 Å². The Bertz CT molecular complexity index is 367. The minimum absolute atomic E-state index is 0.255. The zero-order valence-corrected chi connectivity index (χ0v) is 9.49. The topological polar surface area (TPSA) is 17.1 Å². The maximum Gasteiger partial charge on any atom is 0.133 e. The van der Waals surface area contributed by atoms with Crippen molar-refractivity contribution in [2.75, 3.05) is 0 Å². The largest absolute Gasteiger partial charge is 0.300 e. The Morgan fingerprint density at radius 2 is 1.87 bits per heavy atom. The number of Topliss-reactive ketones (excluding diaryl/α,β-unsaturated/α-hetero) is 1. The summed E-state index contributed by atoms with van der Waals surface area (Å²) in [6.07, 6.45) is 3.14. The van der Waals surface area contributed by atoms with Crippen molar-refractivity contribution >= 4 is 5.78 Å². The molecule has 1 nitrogen and oxygen atoms in total. The molecule has 2 atom stereocenters. The van der Waals surface area contributed by atoms with E-state index in [4.69, 9.17) is 0 Å². The van der Waals surface area contributed by atoms with Crippen LogP contribution in [0.15, 0.2) is 24.3 Å². The Labute approximate surface area is 91.5 Å². The maximum atomic E-state index is 11.6. The SMILES string of the molecule is CCC1Cc2ccccc2CC1C(C)=O. The third-order valence-electron chi connectivity index (χ3n) is 3.66. The summed E-state index contributed by atoms with van der Waals surface area (Å²) in [5.74, 6) is 1.17. The summed E-state index contributed by atoms with van der Waals surface area (Å²) >= 11 is 0. The molecule has 0 aliphatic heterocycles. The first-order valence-electron chi connectivity index (χ1n) is 5.79. The first-order valence-corrected chi connectivity index (χ1v) is 5.79. The highest BCUT2D eigenvalue weighted by Crippen LogP contribution is 2.32. The van der Waals surface area contributed by atoms with E-state index in [-0.39, 0.29) is 5.92 Å². The second-order valence-corrected chi connectivity index (χ2v) is 4.56. The van der Waals surface area contributed by atoms with E-state index in [1.165, 1.54) is 11.1 Å². The standard InChI is InChI=1S/C14H18O/c1-3-11-8-12-6-4-5-7-13(12)9-14(11)10(2)15/h4-7,11,14H,3,8-9H2,1-2H3. The van der Waals surface area contributed by atoms with Crippen molar-refractivity contribution in [3.05, 3.63) is 35.4 Å². The lowest BCUT2D eigenvalue weighted by Crippen LogP contribution is -2.30. The molecule has 0 saturated carbocycles. The van der Waals surface area contributed by atoms with Gasteiger partial charge in [0.1, 0.15) is 5.78 Å². The Morgan fingerprint density at radius 1 is 1.27 bits per heavy atom. The average Bonchev–Trinajstić information content (AvgIpc) is 2.27. The maximum absolute atomic E-state index is 11.6. The van der Waals surface area contributed by atoms with Gasteiger partial charge in [-0.1, -0.05) is 37.6 Å². The molecule has 1 aromatic rings. The third kappa shape index (κ3) is 1.97. The van der Waals surface area contributed by atoms with Crippen LogP contribution < -0.4 is 0 Å². The quantitative estimate of drug-likeness (QED) is 0.720. The lowest BCUT2D eigenvalue weighted by Gasteiger charge is -2.30. The molecule has 2 unspecified atom stereocenters. The zero-order chi connectivity index (χ0) is 10.8. The van der Waals surface area contributed by atoms with Crippen molar-refractivity contribution in [1.82, 2.24) is 0 Å². The number of carbonyl (C=O) groups is 1. The van der Waals surface area contributed by atoms with Crippen LogP contribution >= 0.6 is 0 Å². The highest BCUT2D eigenvalue weighted by molar-refractivity contribution is 5.79. The molecule has 0 saturated heterocycles. The van der Waals surface area contributed by atoms with E-state index in [1.54, 1.807) is 6.92 Å². The molecule has 1 aromatic carbocycles. The van der Waals surface area contributed by atoms with Gasteiger partial charge in [0.25, 0.3) is 0 Å². The first kappa shape index (κ1) is 10.4. The van der Waals surface area contributed by atoms with E-state index < -0.39 is 0 Å². The van der Waals surface area contributed by atoms with Crippen LogP contribution in [0.25, 0.3) is 0 Å². The van der Waals surface area contributed by atoms with Crippen LogP contribution in [0.5, 0.6) is 0 Å². The van der Waals surface area contributed by atoms with E-state index in [2.05, 4.69) is 31.2 Å². The van der Waals surface area contributed by atoms with Gasteiger partial charge in [-0.2, -0.15) is 0 Å². The van der Waals surface area contributed by atoms with Gasteiger partial charge in [-0.05, 0) is 36.8 Å². The van der Waals surface area contributed by atoms with Crippen molar-refractivity contribution in [2.45, 2.75) is 33.1 Å². The van der Waals surface area contributed by atoms with Gasteiger partial charge in [-0.3, -0.25) is 4.79 Å². The minimum Gasteiger partial charge on any atom is -0.300 e. The lowest BCUT2D eigenvalue weighted by molar-refractivity contribution is -0.122. The number of hydrogen-bond acceptors (Lipinski definition) is 1. The average molecular weight is 202 g/mol. The van der Waals surface area contributed by atoms with E-state index in [0.717, 1.165) is 19.3 Å². The number of benzene rings is 1. The number of hydrogen-bond donors (Lipinski definition) is 0. The van der Waals surface area contributed by atoms with Crippen LogP contribution in [0.1, 0.15) is 31.4 Å². The summed E-state index contributed by atoms with van der Waals surface area (Å²) in [5.41, 5.74) is 2.82. The monoisotopic (exact) mass is 202 g/mol. The molecule has 80 valence electrons. The molecule has 0 radical (unpaired) electrons. The van der Waals surface area contributed by atoms with Gasteiger partial charge in [-0.25, -0.2) is 0 Å². The second-order valence-electron chi connectivity index (χ2n) is 4.56. The van der Waals surface area contributed by atoms with Gasteiger partial charge in [0.15, 0.2) is 0 Å². The van der Waals surface area contributed by atoms with Crippen molar-refractivity contribution in [3.63, 3.8) is 0 Å². The molecule has 0 N–H and O–H groups in total. The summed E-state index contributed by atoms with van der Waals surface area (Å²) in [6.45, 7) is 3.93. The molecule has 0 heterocycles. The Morgan fingerprint density at radius 3 is 2.40 bits per heavy atom.